The van der Waals surface area contributed by atoms with Gasteiger partial charge in [0.1, 0.15) is 5.71 Å². The van der Waals surface area contributed by atoms with Crippen molar-refractivity contribution in [1.82, 2.24) is 20.5 Å². The van der Waals surface area contributed by atoms with Crippen LogP contribution in [0.5, 0.6) is 0 Å². The third-order valence-corrected chi connectivity index (χ3v) is 4.03. The molecule has 1 aliphatic heterocycles. The van der Waals surface area contributed by atoms with Gasteiger partial charge in [0.25, 0.3) is 0 Å². The summed E-state index contributed by atoms with van der Waals surface area (Å²) in [6, 6.07) is 1.77. The van der Waals surface area contributed by atoms with E-state index in [2.05, 4.69) is 25.4 Å². The fourth-order valence-corrected chi connectivity index (χ4v) is 2.64. The van der Waals surface area contributed by atoms with Crippen molar-refractivity contribution in [2.75, 3.05) is 25.1 Å². The van der Waals surface area contributed by atoms with Crippen LogP contribution in [0.1, 0.15) is 19.5 Å². The second kappa shape index (κ2) is 6.40. The van der Waals surface area contributed by atoms with Crippen molar-refractivity contribution in [2.24, 2.45) is 0 Å². The highest BCUT2D eigenvalue weighted by Gasteiger charge is 2.29. The fourth-order valence-electron chi connectivity index (χ4n) is 2.64. The number of aromatic nitrogens is 3. The first-order chi connectivity index (χ1) is 11.5. The number of hydrogen-bond donors (Lipinski definition) is 3. The van der Waals surface area contributed by atoms with E-state index < -0.39 is 0 Å². The Morgan fingerprint density at radius 2 is 2.29 bits per heavy atom. The zero-order valence-electron chi connectivity index (χ0n) is 13.9. The van der Waals surface area contributed by atoms with Crippen molar-refractivity contribution in [3.8, 4) is 0 Å². The van der Waals surface area contributed by atoms with Crippen molar-refractivity contribution in [1.29, 1.82) is 5.41 Å². The zero-order valence-corrected chi connectivity index (χ0v) is 13.9. The first kappa shape index (κ1) is 16.1. The Labute approximate surface area is 139 Å². The van der Waals surface area contributed by atoms with E-state index in [0.29, 0.717) is 11.4 Å². The van der Waals surface area contributed by atoms with Gasteiger partial charge in [-0.15, -0.1) is 0 Å². The molecule has 2 aromatic rings. The summed E-state index contributed by atoms with van der Waals surface area (Å²) in [5.41, 5.74) is 1.87. The number of rotatable bonds is 5. The van der Waals surface area contributed by atoms with Crippen molar-refractivity contribution < 1.29 is 9.53 Å². The molecule has 0 unspecified atom stereocenters. The highest BCUT2D eigenvalue weighted by atomic mass is 16.5. The fraction of sp³-hybridized carbons (Fsp3) is 0.375. The second-order valence-electron chi connectivity index (χ2n) is 5.68. The van der Waals surface area contributed by atoms with E-state index >= 15 is 0 Å². The largest absolute Gasteiger partial charge is 0.378 e. The van der Waals surface area contributed by atoms with Crippen LogP contribution in [0.15, 0.2) is 24.0 Å². The molecule has 24 heavy (non-hydrogen) atoms. The first-order valence-electron chi connectivity index (χ1n) is 7.68. The first-order valence-corrected chi connectivity index (χ1v) is 7.68. The van der Waals surface area contributed by atoms with Crippen LogP contribution in [0, 0.1) is 5.41 Å². The topological polar surface area (TPSA) is 107 Å². The van der Waals surface area contributed by atoms with E-state index in [4.69, 9.17) is 10.1 Å². The third kappa shape index (κ3) is 2.88. The van der Waals surface area contributed by atoms with Crippen LogP contribution in [-0.2, 0) is 9.53 Å². The number of methoxy groups -OCH3 is 1. The van der Waals surface area contributed by atoms with Gasteiger partial charge in [-0.05, 0) is 13.0 Å². The highest BCUT2D eigenvalue weighted by molar-refractivity contribution is 6.12. The summed E-state index contributed by atoms with van der Waals surface area (Å²) in [4.78, 5) is 17.7. The van der Waals surface area contributed by atoms with E-state index in [0.717, 1.165) is 29.8 Å². The number of anilines is 1. The van der Waals surface area contributed by atoms with Crippen LogP contribution < -0.4 is 10.2 Å². The van der Waals surface area contributed by atoms with Gasteiger partial charge in [0.05, 0.1) is 28.4 Å². The average Bonchev–Trinajstić information content (AvgIpc) is 2.94. The summed E-state index contributed by atoms with van der Waals surface area (Å²) in [5.74, 6) is 0.625. The van der Waals surface area contributed by atoms with Crippen molar-refractivity contribution in [3.63, 3.8) is 0 Å². The van der Waals surface area contributed by atoms with Gasteiger partial charge in [-0.3, -0.25) is 20.3 Å². The van der Waals surface area contributed by atoms with E-state index in [1.165, 1.54) is 6.92 Å². The van der Waals surface area contributed by atoms with Crippen molar-refractivity contribution in [2.45, 2.75) is 20.0 Å². The van der Waals surface area contributed by atoms with Gasteiger partial charge in [-0.1, -0.05) is 6.08 Å². The molecule has 0 atom stereocenters. The Balaban J connectivity index is 1.85. The van der Waals surface area contributed by atoms with Crippen molar-refractivity contribution >= 4 is 28.3 Å². The number of amides is 1. The predicted molar refractivity (Wildman–Crippen MR) is 91.3 cm³/mol. The molecule has 1 amide bonds. The average molecular weight is 328 g/mol. The molecular formula is C16H20N6O2. The quantitative estimate of drug-likeness (QED) is 0.715. The van der Waals surface area contributed by atoms with Gasteiger partial charge < -0.3 is 15.0 Å². The Hall–Kier alpha value is -2.74. The second-order valence-corrected chi connectivity index (χ2v) is 5.68. The maximum Gasteiger partial charge on any atom is 0.221 e. The Morgan fingerprint density at radius 3 is 2.92 bits per heavy atom. The molecule has 3 N–H and O–H groups in total. The molecule has 3 heterocycles. The molecule has 0 aliphatic carbocycles. The lowest BCUT2D eigenvalue weighted by Crippen LogP contribution is -2.52. The molecule has 2 aromatic heterocycles. The minimum absolute atomic E-state index is 0.161. The van der Waals surface area contributed by atoms with Crippen LogP contribution in [-0.4, -0.2) is 53.1 Å². The predicted octanol–water partition coefficient (Wildman–Crippen LogP) is 1.20. The number of pyridine rings is 1. The molecule has 0 spiro atoms. The molecule has 8 nitrogen and oxygen atoms in total. The molecule has 0 radical (unpaired) electrons. The number of aromatic amines is 1. The molecule has 3 rings (SSSR count). The van der Waals surface area contributed by atoms with Gasteiger partial charge in [0.2, 0.25) is 5.91 Å². The van der Waals surface area contributed by atoms with Crippen LogP contribution >= 0.6 is 0 Å². The van der Waals surface area contributed by atoms with Gasteiger partial charge in [0.15, 0.2) is 5.82 Å². The number of nitrogens with one attached hydrogen (secondary N) is 3. The highest BCUT2D eigenvalue weighted by Crippen LogP contribution is 2.28. The van der Waals surface area contributed by atoms with Gasteiger partial charge in [0, 0.05) is 33.3 Å². The lowest BCUT2D eigenvalue weighted by atomic mass is 10.1. The minimum Gasteiger partial charge on any atom is -0.378 e. The maximum absolute atomic E-state index is 11.2. The molecule has 1 fully saturated rings. The SMILES string of the molecule is C/C=C(/NC(C)=O)C(=N)c1cc2[nH]nc(N3CC(OC)C3)c2cn1. The van der Waals surface area contributed by atoms with E-state index in [1.54, 1.807) is 32.4 Å². The lowest BCUT2D eigenvalue weighted by molar-refractivity contribution is -0.118. The number of carbonyl (C=O) groups excluding carboxylic acids is 1. The summed E-state index contributed by atoms with van der Waals surface area (Å²) in [5, 5.41) is 19.1. The monoisotopic (exact) mass is 328 g/mol. The number of allylic oxidation sites excluding steroid dienone is 2. The molecule has 0 saturated carbocycles. The zero-order chi connectivity index (χ0) is 17.3. The number of fused-ring (bicyclic) bond motifs is 1. The Morgan fingerprint density at radius 1 is 1.54 bits per heavy atom. The summed E-state index contributed by atoms with van der Waals surface area (Å²) >= 11 is 0. The number of hydrogen-bond acceptors (Lipinski definition) is 6. The van der Waals surface area contributed by atoms with Crippen LogP contribution in [0.4, 0.5) is 5.82 Å². The third-order valence-electron chi connectivity index (χ3n) is 4.03. The van der Waals surface area contributed by atoms with Crippen LogP contribution in [0.2, 0.25) is 0 Å². The molecule has 1 aliphatic rings. The molecule has 126 valence electrons. The smallest absolute Gasteiger partial charge is 0.221 e. The van der Waals surface area contributed by atoms with Gasteiger partial charge in [-0.25, -0.2) is 0 Å². The number of ether oxygens (including phenoxy) is 1. The molecular weight excluding hydrogens is 308 g/mol. The van der Waals surface area contributed by atoms with E-state index in [9.17, 15) is 4.79 Å². The van der Waals surface area contributed by atoms with E-state index in [-0.39, 0.29) is 17.7 Å². The molecule has 0 aromatic carbocycles. The standard InChI is InChI=1S/C16H20N6O2/c1-4-12(19-9(2)23)15(17)14-5-13-11(6-18-14)16(21-20-13)22-7-10(8-22)24-3/h4-6,10,17H,7-8H2,1-3H3,(H,19,23)(H,20,21)/b12-4+,17-15?. The van der Waals surface area contributed by atoms with Crippen LogP contribution in [0.3, 0.4) is 0 Å². The number of nitrogens with zero attached hydrogens (tertiary/aromatic N) is 3. The van der Waals surface area contributed by atoms with Gasteiger partial charge >= 0.3 is 0 Å². The summed E-state index contributed by atoms with van der Waals surface area (Å²) in [7, 11) is 1.71. The normalized spacial score (nSPS) is 15.5. The molecule has 0 bridgehead atoms. The molecule has 1 saturated heterocycles. The van der Waals surface area contributed by atoms with E-state index in [1.807, 2.05) is 0 Å². The molecule has 8 heteroatoms. The van der Waals surface area contributed by atoms with Gasteiger partial charge in [-0.2, -0.15) is 5.10 Å². The minimum atomic E-state index is -0.219. The lowest BCUT2D eigenvalue weighted by Gasteiger charge is -2.38. The summed E-state index contributed by atoms with van der Waals surface area (Å²) in [6.45, 7) is 4.79. The van der Waals surface area contributed by atoms with Crippen LogP contribution in [0.25, 0.3) is 10.9 Å². The maximum atomic E-state index is 11.2. The summed E-state index contributed by atoms with van der Waals surface area (Å²) < 4.78 is 5.28. The summed E-state index contributed by atoms with van der Waals surface area (Å²) in [6.07, 6.45) is 3.63. The van der Waals surface area contributed by atoms with Crippen molar-refractivity contribution in [3.05, 3.63) is 29.7 Å². The number of carbonyl (C=O) groups is 1. The Bertz CT molecular complexity index is 819. The Kier molecular flexibility index (Phi) is 4.30. The number of H-pyrrole nitrogens is 1.